The highest BCUT2D eigenvalue weighted by molar-refractivity contribution is 5.30. The second kappa shape index (κ2) is 6.16. The summed E-state index contributed by atoms with van der Waals surface area (Å²) < 4.78 is 39.4. The molecule has 4 nitrogen and oxygen atoms in total. The number of nitrogens with two attached hydrogens (primary N) is 1. The van der Waals surface area contributed by atoms with Gasteiger partial charge in [-0.3, -0.25) is 4.90 Å². The van der Waals surface area contributed by atoms with Gasteiger partial charge in [0.25, 0.3) is 0 Å². The maximum absolute atomic E-state index is 13.1. The van der Waals surface area contributed by atoms with Crippen LogP contribution in [0.3, 0.4) is 0 Å². The van der Waals surface area contributed by atoms with Gasteiger partial charge in [0.1, 0.15) is 5.82 Å². The van der Waals surface area contributed by atoms with Gasteiger partial charge in [0.2, 0.25) is 0 Å². The van der Waals surface area contributed by atoms with E-state index in [1.165, 1.54) is 12.1 Å². The summed E-state index contributed by atoms with van der Waals surface area (Å²) in [5, 5.41) is 7.93. The maximum Gasteiger partial charge on any atom is 0.416 e. The summed E-state index contributed by atoms with van der Waals surface area (Å²) in [6.07, 6.45) is -2.56. The highest BCUT2D eigenvalue weighted by atomic mass is 19.4. The Morgan fingerprint density at radius 2 is 1.91 bits per heavy atom. The van der Waals surface area contributed by atoms with Crippen molar-refractivity contribution in [1.82, 2.24) is 15.1 Å². The van der Waals surface area contributed by atoms with E-state index in [0.29, 0.717) is 5.82 Å². The molecule has 1 unspecified atom stereocenters. The van der Waals surface area contributed by atoms with Crippen LogP contribution in [-0.2, 0) is 12.7 Å². The number of hydrogen-bond donors (Lipinski definition) is 1. The third-order valence-electron chi connectivity index (χ3n) is 4.11. The smallest absolute Gasteiger partial charge is 0.382 e. The molecule has 0 saturated carbocycles. The molecule has 2 aromatic rings. The van der Waals surface area contributed by atoms with E-state index in [2.05, 4.69) is 10.2 Å². The van der Waals surface area contributed by atoms with Crippen LogP contribution in [0.4, 0.5) is 19.0 Å². The molecular weight excluding hydrogens is 305 g/mol. The summed E-state index contributed by atoms with van der Waals surface area (Å²) in [5.41, 5.74) is 6.00. The third kappa shape index (κ3) is 3.44. The van der Waals surface area contributed by atoms with Crippen molar-refractivity contribution in [2.45, 2.75) is 31.6 Å². The van der Waals surface area contributed by atoms with Crippen molar-refractivity contribution in [1.29, 1.82) is 0 Å². The van der Waals surface area contributed by atoms with Crippen LogP contribution in [-0.4, -0.2) is 21.6 Å². The number of nitrogens with zero attached hydrogens (tertiary/aromatic N) is 3. The molecule has 2 heterocycles. The predicted octanol–water partition coefficient (Wildman–Crippen LogP) is 3.41. The third-order valence-corrected chi connectivity index (χ3v) is 4.11. The van der Waals surface area contributed by atoms with Gasteiger partial charge in [0.15, 0.2) is 0 Å². The average molecular weight is 322 g/mol. The van der Waals surface area contributed by atoms with E-state index in [-0.39, 0.29) is 18.2 Å². The quantitative estimate of drug-likeness (QED) is 0.941. The van der Waals surface area contributed by atoms with Gasteiger partial charge in [-0.05, 0) is 43.1 Å². The number of hydrogen-bond acceptors (Lipinski definition) is 4. The van der Waals surface area contributed by atoms with Crippen molar-refractivity contribution in [3.8, 4) is 0 Å². The molecule has 0 aliphatic carbocycles. The Morgan fingerprint density at radius 3 is 2.61 bits per heavy atom. The second-order valence-electron chi connectivity index (χ2n) is 5.67. The van der Waals surface area contributed by atoms with Gasteiger partial charge in [-0.2, -0.15) is 18.3 Å². The Hall–Kier alpha value is -2.15. The number of aromatic nitrogens is 2. The topological polar surface area (TPSA) is 55.0 Å². The van der Waals surface area contributed by atoms with Gasteiger partial charge >= 0.3 is 6.18 Å². The number of rotatable bonds is 3. The van der Waals surface area contributed by atoms with Crippen LogP contribution >= 0.6 is 0 Å². The van der Waals surface area contributed by atoms with Crippen molar-refractivity contribution in [2.24, 2.45) is 0 Å². The van der Waals surface area contributed by atoms with Crippen LogP contribution in [0, 0.1) is 0 Å². The molecule has 3 rings (SSSR count). The van der Waals surface area contributed by atoms with Crippen LogP contribution < -0.4 is 5.73 Å². The molecular formula is C16H17F3N4. The Morgan fingerprint density at radius 1 is 1.13 bits per heavy atom. The zero-order valence-corrected chi connectivity index (χ0v) is 12.4. The lowest BCUT2D eigenvalue weighted by atomic mass is 10.1. The lowest BCUT2D eigenvalue weighted by molar-refractivity contribution is -0.138. The van der Waals surface area contributed by atoms with E-state index in [9.17, 15) is 13.2 Å². The molecule has 1 aliphatic heterocycles. The molecule has 0 bridgehead atoms. The molecule has 1 saturated heterocycles. The fourth-order valence-corrected chi connectivity index (χ4v) is 3.03. The molecule has 0 spiro atoms. The first-order valence-corrected chi connectivity index (χ1v) is 7.43. The van der Waals surface area contributed by atoms with E-state index in [4.69, 9.17) is 5.73 Å². The highest BCUT2D eigenvalue weighted by Gasteiger charge is 2.35. The van der Waals surface area contributed by atoms with E-state index in [1.54, 1.807) is 18.2 Å². The Balaban J connectivity index is 1.84. The van der Waals surface area contributed by atoms with Crippen molar-refractivity contribution in [3.05, 3.63) is 53.2 Å². The minimum atomic E-state index is -4.34. The largest absolute Gasteiger partial charge is 0.416 e. The summed E-state index contributed by atoms with van der Waals surface area (Å²) in [6.45, 7) is 0.981. The van der Waals surface area contributed by atoms with Crippen LogP contribution in [0.2, 0.25) is 0 Å². The minimum absolute atomic E-state index is 0.0237. The van der Waals surface area contributed by atoms with Crippen molar-refractivity contribution < 1.29 is 13.2 Å². The maximum atomic E-state index is 13.1. The highest BCUT2D eigenvalue weighted by Crippen LogP contribution is 2.36. The van der Waals surface area contributed by atoms with Crippen LogP contribution in [0.15, 0.2) is 36.4 Å². The number of likely N-dealkylation sites (tertiary alicyclic amines) is 1. The van der Waals surface area contributed by atoms with E-state index in [1.807, 2.05) is 4.90 Å². The molecule has 1 fully saturated rings. The fraction of sp³-hybridized carbons (Fsp3) is 0.375. The Kier molecular flexibility index (Phi) is 4.21. The molecule has 122 valence electrons. The van der Waals surface area contributed by atoms with Crippen LogP contribution in [0.1, 0.15) is 35.7 Å². The van der Waals surface area contributed by atoms with Gasteiger partial charge in [-0.15, -0.1) is 5.10 Å². The van der Waals surface area contributed by atoms with Gasteiger partial charge in [-0.25, -0.2) is 0 Å². The Bertz CT molecular complexity index is 670. The molecule has 23 heavy (non-hydrogen) atoms. The normalized spacial score (nSPS) is 19.2. The fourth-order valence-electron chi connectivity index (χ4n) is 3.03. The number of halogens is 3. The SMILES string of the molecule is Nc1ccc(C2CCCN2Cc2ccccc2C(F)(F)F)nn1. The standard InChI is InChI=1S/C16H17F3N4/c17-16(18,19)12-5-2-1-4-11(12)10-23-9-3-6-14(23)13-7-8-15(20)22-21-13/h1-2,4-5,7-8,14H,3,6,9-10H2,(H2,20,22). The first-order chi connectivity index (χ1) is 10.9. The molecule has 1 aliphatic rings. The van der Waals surface area contributed by atoms with Crippen LogP contribution in [0.25, 0.3) is 0 Å². The number of anilines is 1. The zero-order chi connectivity index (χ0) is 16.4. The molecule has 1 aromatic heterocycles. The molecule has 0 amide bonds. The molecule has 1 aromatic carbocycles. The van der Waals surface area contributed by atoms with Gasteiger partial charge in [0, 0.05) is 6.54 Å². The first kappa shape index (κ1) is 15.7. The monoisotopic (exact) mass is 322 g/mol. The molecule has 2 N–H and O–H groups in total. The zero-order valence-electron chi connectivity index (χ0n) is 12.4. The van der Waals surface area contributed by atoms with Crippen molar-refractivity contribution >= 4 is 5.82 Å². The van der Waals surface area contributed by atoms with Gasteiger partial charge in [0.05, 0.1) is 17.3 Å². The molecule has 7 heteroatoms. The van der Waals surface area contributed by atoms with Crippen molar-refractivity contribution in [2.75, 3.05) is 12.3 Å². The van der Waals surface area contributed by atoms with Crippen molar-refractivity contribution in [3.63, 3.8) is 0 Å². The predicted molar refractivity (Wildman–Crippen MR) is 80.3 cm³/mol. The van der Waals surface area contributed by atoms with E-state index in [0.717, 1.165) is 31.1 Å². The summed E-state index contributed by atoms with van der Waals surface area (Å²) in [6, 6.07) is 9.15. The minimum Gasteiger partial charge on any atom is -0.382 e. The van der Waals surface area contributed by atoms with Crippen LogP contribution in [0.5, 0.6) is 0 Å². The summed E-state index contributed by atoms with van der Waals surface area (Å²) in [7, 11) is 0. The number of benzene rings is 1. The van der Waals surface area contributed by atoms with Gasteiger partial charge < -0.3 is 5.73 Å². The summed E-state index contributed by atoms with van der Waals surface area (Å²) >= 11 is 0. The Labute approximate surface area is 132 Å². The van der Waals surface area contributed by atoms with E-state index < -0.39 is 11.7 Å². The summed E-state index contributed by atoms with van der Waals surface area (Å²) in [4.78, 5) is 2.02. The van der Waals surface area contributed by atoms with Gasteiger partial charge in [-0.1, -0.05) is 18.2 Å². The lowest BCUT2D eigenvalue weighted by Gasteiger charge is -2.25. The number of nitrogen functional groups attached to an aromatic ring is 1. The second-order valence-corrected chi connectivity index (χ2v) is 5.67. The molecule has 0 radical (unpaired) electrons. The number of alkyl halides is 3. The average Bonchev–Trinajstić information content (AvgIpc) is 2.96. The lowest BCUT2D eigenvalue weighted by Crippen LogP contribution is -2.25. The summed E-state index contributed by atoms with van der Waals surface area (Å²) in [5.74, 6) is 0.334. The first-order valence-electron chi connectivity index (χ1n) is 7.43. The molecule has 1 atom stereocenters. The van der Waals surface area contributed by atoms with E-state index >= 15 is 0 Å².